The standard InChI is InChI=1S/C14H15N3O3/c1-5-20-14(19)11-7-16(4)12-10(6-15)8(2)9(3)17(12)13(11)18/h7H,5H2,1-4H3. The van der Waals surface area contributed by atoms with Gasteiger partial charge in [-0.1, -0.05) is 0 Å². The van der Waals surface area contributed by atoms with E-state index in [1.54, 1.807) is 32.4 Å². The maximum absolute atomic E-state index is 12.4. The summed E-state index contributed by atoms with van der Waals surface area (Å²) in [6, 6.07) is 2.10. The van der Waals surface area contributed by atoms with Gasteiger partial charge in [-0.15, -0.1) is 0 Å². The molecule has 0 spiro atoms. The molecule has 0 aliphatic heterocycles. The summed E-state index contributed by atoms with van der Waals surface area (Å²) in [7, 11) is 1.69. The van der Waals surface area contributed by atoms with Crippen LogP contribution < -0.4 is 5.56 Å². The quantitative estimate of drug-likeness (QED) is 0.773. The van der Waals surface area contributed by atoms with Gasteiger partial charge < -0.3 is 9.30 Å². The molecular formula is C14H15N3O3. The Balaban J connectivity index is 2.92. The first kappa shape index (κ1) is 13.9. The van der Waals surface area contributed by atoms with Crippen LogP contribution in [0.4, 0.5) is 0 Å². The molecule has 0 unspecified atom stereocenters. The third-order valence-corrected chi connectivity index (χ3v) is 3.39. The zero-order chi connectivity index (χ0) is 15.0. The second-order valence-corrected chi connectivity index (χ2v) is 4.54. The average molecular weight is 273 g/mol. The predicted octanol–water partition coefficient (Wildman–Crippen LogP) is 1.30. The molecule has 0 aromatic carbocycles. The van der Waals surface area contributed by atoms with Crippen molar-refractivity contribution in [3.8, 4) is 6.07 Å². The molecule has 2 aromatic heterocycles. The normalized spacial score (nSPS) is 10.6. The second-order valence-electron chi connectivity index (χ2n) is 4.54. The van der Waals surface area contributed by atoms with Crippen molar-refractivity contribution in [2.45, 2.75) is 20.8 Å². The van der Waals surface area contributed by atoms with Crippen LogP contribution in [0.2, 0.25) is 0 Å². The summed E-state index contributed by atoms with van der Waals surface area (Å²) in [5, 5.41) is 9.24. The number of esters is 1. The zero-order valence-corrected chi connectivity index (χ0v) is 11.9. The molecule has 0 amide bonds. The highest BCUT2D eigenvalue weighted by Gasteiger charge is 2.21. The fourth-order valence-corrected chi connectivity index (χ4v) is 2.28. The molecule has 6 heteroatoms. The molecule has 20 heavy (non-hydrogen) atoms. The topological polar surface area (TPSA) is 76.5 Å². The van der Waals surface area contributed by atoms with Crippen LogP contribution in [-0.4, -0.2) is 21.5 Å². The van der Waals surface area contributed by atoms with Gasteiger partial charge in [0.05, 0.1) is 12.2 Å². The van der Waals surface area contributed by atoms with E-state index in [2.05, 4.69) is 6.07 Å². The lowest BCUT2D eigenvalue weighted by molar-refractivity contribution is 0.0523. The van der Waals surface area contributed by atoms with Crippen molar-refractivity contribution in [3.05, 3.63) is 38.9 Å². The molecule has 0 N–H and O–H groups in total. The summed E-state index contributed by atoms with van der Waals surface area (Å²) in [5.41, 5.74) is 1.82. The predicted molar refractivity (Wildman–Crippen MR) is 72.8 cm³/mol. The summed E-state index contributed by atoms with van der Waals surface area (Å²) in [4.78, 5) is 24.3. The number of ether oxygens (including phenoxy) is 1. The number of nitriles is 1. The second kappa shape index (κ2) is 4.85. The largest absolute Gasteiger partial charge is 0.462 e. The number of aryl methyl sites for hydroxylation is 2. The fourth-order valence-electron chi connectivity index (χ4n) is 2.28. The van der Waals surface area contributed by atoms with E-state index in [0.29, 0.717) is 16.9 Å². The van der Waals surface area contributed by atoms with Crippen LogP contribution in [0, 0.1) is 25.2 Å². The van der Waals surface area contributed by atoms with Crippen molar-refractivity contribution in [1.82, 2.24) is 8.97 Å². The van der Waals surface area contributed by atoms with Gasteiger partial charge in [0.25, 0.3) is 5.56 Å². The van der Waals surface area contributed by atoms with Gasteiger partial charge in [-0.05, 0) is 26.3 Å². The maximum Gasteiger partial charge on any atom is 0.345 e. The number of nitrogens with zero attached hydrogens (tertiary/aromatic N) is 3. The summed E-state index contributed by atoms with van der Waals surface area (Å²) >= 11 is 0. The SMILES string of the molecule is CCOC(=O)c1cn(C)c2c(C#N)c(C)c(C)n2c1=O. The van der Waals surface area contributed by atoms with E-state index in [1.165, 1.54) is 10.6 Å². The molecule has 0 saturated heterocycles. The Morgan fingerprint density at radius 3 is 2.65 bits per heavy atom. The minimum Gasteiger partial charge on any atom is -0.462 e. The molecule has 0 aliphatic rings. The van der Waals surface area contributed by atoms with Crippen LogP contribution in [0.1, 0.15) is 34.1 Å². The van der Waals surface area contributed by atoms with E-state index in [0.717, 1.165) is 5.56 Å². The molecule has 2 aromatic rings. The minimum atomic E-state index is -0.653. The number of hydrogen-bond acceptors (Lipinski definition) is 4. The van der Waals surface area contributed by atoms with Crippen LogP contribution in [0.25, 0.3) is 5.65 Å². The van der Waals surface area contributed by atoms with Crippen molar-refractivity contribution >= 4 is 11.6 Å². The molecule has 0 atom stereocenters. The fraction of sp³-hybridized carbons (Fsp3) is 0.357. The van der Waals surface area contributed by atoms with Gasteiger partial charge in [-0.3, -0.25) is 9.20 Å². The monoisotopic (exact) mass is 273 g/mol. The van der Waals surface area contributed by atoms with Gasteiger partial charge in [0.15, 0.2) is 0 Å². The van der Waals surface area contributed by atoms with Crippen molar-refractivity contribution in [1.29, 1.82) is 5.26 Å². The Morgan fingerprint density at radius 1 is 1.45 bits per heavy atom. The highest BCUT2D eigenvalue weighted by molar-refractivity contribution is 5.89. The number of hydrogen-bond donors (Lipinski definition) is 0. The van der Waals surface area contributed by atoms with Crippen LogP contribution in [0.3, 0.4) is 0 Å². The van der Waals surface area contributed by atoms with E-state index in [4.69, 9.17) is 4.74 Å². The maximum atomic E-state index is 12.4. The van der Waals surface area contributed by atoms with E-state index in [-0.39, 0.29) is 12.2 Å². The van der Waals surface area contributed by atoms with E-state index < -0.39 is 11.5 Å². The third kappa shape index (κ3) is 1.79. The van der Waals surface area contributed by atoms with Crippen LogP contribution >= 0.6 is 0 Å². The molecule has 0 aliphatic carbocycles. The van der Waals surface area contributed by atoms with E-state index in [1.807, 2.05) is 0 Å². The summed E-state index contributed by atoms with van der Waals surface area (Å²) < 4.78 is 7.88. The zero-order valence-electron chi connectivity index (χ0n) is 11.9. The van der Waals surface area contributed by atoms with Gasteiger partial charge >= 0.3 is 5.97 Å². The number of rotatable bonds is 2. The third-order valence-electron chi connectivity index (χ3n) is 3.39. The van der Waals surface area contributed by atoms with Crippen molar-refractivity contribution in [2.24, 2.45) is 7.05 Å². The lowest BCUT2D eigenvalue weighted by Gasteiger charge is -2.08. The molecule has 0 radical (unpaired) electrons. The summed E-state index contributed by atoms with van der Waals surface area (Å²) in [6.45, 7) is 5.41. The van der Waals surface area contributed by atoms with E-state index in [9.17, 15) is 14.9 Å². The minimum absolute atomic E-state index is 0.0376. The first-order valence-corrected chi connectivity index (χ1v) is 6.22. The first-order chi connectivity index (χ1) is 9.43. The highest BCUT2D eigenvalue weighted by atomic mass is 16.5. The number of aromatic nitrogens is 2. The van der Waals surface area contributed by atoms with Crippen molar-refractivity contribution < 1.29 is 9.53 Å². The summed E-state index contributed by atoms with van der Waals surface area (Å²) in [5.74, 6) is -0.653. The van der Waals surface area contributed by atoms with Crippen LogP contribution in [0.5, 0.6) is 0 Å². The average Bonchev–Trinajstić information content (AvgIpc) is 2.67. The molecule has 0 saturated carbocycles. The van der Waals surface area contributed by atoms with Crippen LogP contribution in [0.15, 0.2) is 11.0 Å². The molecule has 104 valence electrons. The number of carbonyl (C=O) groups is 1. The van der Waals surface area contributed by atoms with Gasteiger partial charge in [0.2, 0.25) is 0 Å². The molecular weight excluding hydrogens is 258 g/mol. The smallest absolute Gasteiger partial charge is 0.345 e. The van der Waals surface area contributed by atoms with Crippen LogP contribution in [-0.2, 0) is 11.8 Å². The molecule has 0 fully saturated rings. The van der Waals surface area contributed by atoms with Gasteiger partial charge in [-0.25, -0.2) is 4.79 Å². The Hall–Kier alpha value is -2.55. The molecule has 2 heterocycles. The van der Waals surface area contributed by atoms with Gasteiger partial charge in [0.1, 0.15) is 17.3 Å². The number of fused-ring (bicyclic) bond motifs is 1. The highest BCUT2D eigenvalue weighted by Crippen LogP contribution is 2.20. The molecule has 0 bridgehead atoms. The Kier molecular flexibility index (Phi) is 3.36. The van der Waals surface area contributed by atoms with Gasteiger partial charge in [-0.2, -0.15) is 5.26 Å². The number of carbonyl (C=O) groups excluding carboxylic acids is 1. The van der Waals surface area contributed by atoms with Gasteiger partial charge in [0, 0.05) is 18.9 Å². The van der Waals surface area contributed by atoms with Crippen molar-refractivity contribution in [3.63, 3.8) is 0 Å². The lowest BCUT2D eigenvalue weighted by atomic mass is 10.2. The first-order valence-electron chi connectivity index (χ1n) is 6.22. The molecule has 6 nitrogen and oxygen atoms in total. The molecule has 2 rings (SSSR count). The Morgan fingerprint density at radius 2 is 2.10 bits per heavy atom. The lowest BCUT2D eigenvalue weighted by Crippen LogP contribution is -2.26. The summed E-state index contributed by atoms with van der Waals surface area (Å²) in [6.07, 6.45) is 1.41. The Labute approximate surface area is 115 Å². The van der Waals surface area contributed by atoms with E-state index >= 15 is 0 Å². The Bertz CT molecular complexity index is 806. The van der Waals surface area contributed by atoms with Crippen molar-refractivity contribution in [2.75, 3.05) is 6.61 Å².